The second-order valence-electron chi connectivity index (χ2n) is 6.93. The molecule has 0 bridgehead atoms. The molecule has 26 heavy (non-hydrogen) atoms. The van der Waals surface area contributed by atoms with Gasteiger partial charge in [-0.15, -0.1) is 0 Å². The Kier molecular flexibility index (Phi) is 4.80. The van der Waals surface area contributed by atoms with E-state index in [4.69, 9.17) is 9.47 Å². The van der Waals surface area contributed by atoms with E-state index >= 15 is 0 Å². The molecule has 2 aromatic carbocycles. The number of amides is 1. The molecule has 0 saturated heterocycles. The van der Waals surface area contributed by atoms with Gasteiger partial charge in [0.25, 0.3) is 0 Å². The molecule has 0 aromatic heterocycles. The van der Waals surface area contributed by atoms with Gasteiger partial charge in [-0.05, 0) is 42.0 Å². The van der Waals surface area contributed by atoms with Crippen molar-refractivity contribution in [1.82, 2.24) is 5.32 Å². The maximum Gasteiger partial charge on any atom is 0.224 e. The smallest absolute Gasteiger partial charge is 0.224 e. The molecule has 0 radical (unpaired) electrons. The largest absolute Gasteiger partial charge is 0.486 e. The van der Waals surface area contributed by atoms with Gasteiger partial charge in [-0.2, -0.15) is 0 Å². The van der Waals surface area contributed by atoms with E-state index in [1.165, 1.54) is 0 Å². The van der Waals surface area contributed by atoms with E-state index in [9.17, 15) is 9.90 Å². The SMILES string of the molecule is O=C(N[C@H](CO)Cc1ccccc1)[C@@H]1C[C@@H]1c1ccc2c(c1)OCCO2. The van der Waals surface area contributed by atoms with Crippen LogP contribution in [0.4, 0.5) is 0 Å². The third-order valence-corrected chi connectivity index (χ3v) is 5.01. The number of hydrogen-bond acceptors (Lipinski definition) is 4. The van der Waals surface area contributed by atoms with Crippen LogP contribution < -0.4 is 14.8 Å². The van der Waals surface area contributed by atoms with Gasteiger partial charge in [-0.1, -0.05) is 36.4 Å². The number of fused-ring (bicyclic) bond motifs is 1. The Hall–Kier alpha value is -2.53. The molecule has 2 aliphatic rings. The summed E-state index contributed by atoms with van der Waals surface area (Å²) in [6.45, 7) is 1.06. The van der Waals surface area contributed by atoms with Crippen molar-refractivity contribution < 1.29 is 19.4 Å². The molecule has 1 aliphatic carbocycles. The van der Waals surface area contributed by atoms with Crippen molar-refractivity contribution in [3.05, 3.63) is 59.7 Å². The Morgan fingerprint density at radius 3 is 2.65 bits per heavy atom. The molecule has 0 spiro atoms. The van der Waals surface area contributed by atoms with Gasteiger partial charge in [0.1, 0.15) is 13.2 Å². The summed E-state index contributed by atoms with van der Waals surface area (Å²) >= 11 is 0. The summed E-state index contributed by atoms with van der Waals surface area (Å²) < 4.78 is 11.2. The number of hydrogen-bond donors (Lipinski definition) is 2. The number of rotatable bonds is 6. The predicted molar refractivity (Wildman–Crippen MR) is 97.4 cm³/mol. The molecule has 1 amide bonds. The lowest BCUT2D eigenvalue weighted by Gasteiger charge is -2.19. The predicted octanol–water partition coefficient (Wildman–Crippen LogP) is 2.28. The fourth-order valence-electron chi connectivity index (χ4n) is 3.51. The number of carbonyl (C=O) groups is 1. The number of ether oxygens (including phenoxy) is 2. The van der Waals surface area contributed by atoms with Crippen molar-refractivity contribution in [3.8, 4) is 11.5 Å². The van der Waals surface area contributed by atoms with Crippen LogP contribution in [-0.4, -0.2) is 36.9 Å². The highest BCUT2D eigenvalue weighted by molar-refractivity contribution is 5.83. The highest BCUT2D eigenvalue weighted by atomic mass is 16.6. The summed E-state index contributed by atoms with van der Waals surface area (Å²) in [5.74, 6) is 1.71. The maximum atomic E-state index is 12.6. The van der Waals surface area contributed by atoms with Crippen LogP contribution in [0, 0.1) is 5.92 Å². The lowest BCUT2D eigenvalue weighted by molar-refractivity contribution is -0.123. The number of nitrogens with one attached hydrogen (secondary N) is 1. The first-order valence-electron chi connectivity index (χ1n) is 9.09. The monoisotopic (exact) mass is 353 g/mol. The highest BCUT2D eigenvalue weighted by Crippen LogP contribution is 2.49. The third kappa shape index (κ3) is 3.68. The summed E-state index contributed by atoms with van der Waals surface area (Å²) in [5.41, 5.74) is 2.21. The zero-order valence-electron chi connectivity index (χ0n) is 14.6. The van der Waals surface area contributed by atoms with Crippen LogP contribution >= 0.6 is 0 Å². The van der Waals surface area contributed by atoms with Crippen molar-refractivity contribution in [1.29, 1.82) is 0 Å². The van der Waals surface area contributed by atoms with Crippen LogP contribution in [0.3, 0.4) is 0 Å². The van der Waals surface area contributed by atoms with Crippen LogP contribution in [0.1, 0.15) is 23.5 Å². The molecular weight excluding hydrogens is 330 g/mol. The highest BCUT2D eigenvalue weighted by Gasteiger charge is 2.44. The fourth-order valence-corrected chi connectivity index (χ4v) is 3.51. The van der Waals surface area contributed by atoms with Gasteiger partial charge in [0.2, 0.25) is 5.91 Å². The fraction of sp³-hybridized carbons (Fsp3) is 0.381. The second-order valence-corrected chi connectivity index (χ2v) is 6.93. The topological polar surface area (TPSA) is 67.8 Å². The van der Waals surface area contributed by atoms with Gasteiger partial charge in [-0.25, -0.2) is 0 Å². The third-order valence-electron chi connectivity index (χ3n) is 5.01. The van der Waals surface area contributed by atoms with Crippen LogP contribution in [0.25, 0.3) is 0 Å². The van der Waals surface area contributed by atoms with Crippen molar-refractivity contribution >= 4 is 5.91 Å². The minimum atomic E-state index is -0.258. The van der Waals surface area contributed by atoms with Gasteiger partial charge in [0.15, 0.2) is 11.5 Å². The summed E-state index contributed by atoms with van der Waals surface area (Å²) in [4.78, 5) is 12.6. The Morgan fingerprint density at radius 1 is 1.12 bits per heavy atom. The zero-order valence-corrected chi connectivity index (χ0v) is 14.6. The number of aliphatic hydroxyl groups excluding tert-OH is 1. The molecule has 1 fully saturated rings. The average molecular weight is 353 g/mol. The first-order valence-corrected chi connectivity index (χ1v) is 9.09. The molecular formula is C21H23NO4. The summed E-state index contributed by atoms with van der Waals surface area (Å²) in [7, 11) is 0. The molecule has 3 atom stereocenters. The van der Waals surface area contributed by atoms with E-state index in [-0.39, 0.29) is 30.4 Å². The zero-order chi connectivity index (χ0) is 17.9. The summed E-state index contributed by atoms with van der Waals surface area (Å²) in [6, 6.07) is 15.6. The molecule has 0 unspecified atom stereocenters. The van der Waals surface area contributed by atoms with Crippen molar-refractivity contribution in [2.24, 2.45) is 5.92 Å². The van der Waals surface area contributed by atoms with Gasteiger partial charge >= 0.3 is 0 Å². The molecule has 2 aromatic rings. The van der Waals surface area contributed by atoms with E-state index in [0.29, 0.717) is 19.6 Å². The number of aliphatic hydroxyl groups is 1. The van der Waals surface area contributed by atoms with Crippen LogP contribution in [0.5, 0.6) is 11.5 Å². The molecule has 5 nitrogen and oxygen atoms in total. The minimum absolute atomic E-state index is 0.0138. The Labute approximate surface area is 152 Å². The normalized spacial score (nSPS) is 21.7. The average Bonchev–Trinajstić information content (AvgIpc) is 3.49. The summed E-state index contributed by atoms with van der Waals surface area (Å²) in [5, 5.41) is 12.6. The van der Waals surface area contributed by atoms with E-state index in [2.05, 4.69) is 5.32 Å². The lowest BCUT2D eigenvalue weighted by Crippen LogP contribution is -2.40. The maximum absolute atomic E-state index is 12.6. The minimum Gasteiger partial charge on any atom is -0.486 e. The molecule has 5 heteroatoms. The van der Waals surface area contributed by atoms with Gasteiger partial charge in [0, 0.05) is 5.92 Å². The number of benzene rings is 2. The van der Waals surface area contributed by atoms with E-state index < -0.39 is 0 Å². The van der Waals surface area contributed by atoms with Gasteiger partial charge < -0.3 is 19.9 Å². The molecule has 136 valence electrons. The lowest BCUT2D eigenvalue weighted by atomic mass is 10.1. The van der Waals surface area contributed by atoms with Crippen molar-refractivity contribution in [3.63, 3.8) is 0 Å². The van der Waals surface area contributed by atoms with Crippen molar-refractivity contribution in [2.75, 3.05) is 19.8 Å². The summed E-state index contributed by atoms with van der Waals surface area (Å²) in [6.07, 6.45) is 1.46. The Balaban J connectivity index is 1.36. The first-order chi connectivity index (χ1) is 12.7. The first kappa shape index (κ1) is 16.9. The Morgan fingerprint density at radius 2 is 1.88 bits per heavy atom. The van der Waals surface area contributed by atoms with Crippen molar-refractivity contribution in [2.45, 2.75) is 24.8 Å². The molecule has 1 saturated carbocycles. The van der Waals surface area contributed by atoms with Crippen LogP contribution in [-0.2, 0) is 11.2 Å². The molecule has 1 aliphatic heterocycles. The van der Waals surface area contributed by atoms with Crippen LogP contribution in [0.2, 0.25) is 0 Å². The Bertz CT molecular complexity index is 777. The standard InChI is InChI=1S/C21H23NO4/c23-13-16(10-14-4-2-1-3-5-14)22-21(24)18-12-17(18)15-6-7-19-20(11-15)26-9-8-25-19/h1-7,11,16-18,23H,8-10,12-13H2,(H,22,24)/t16-,17+,18+/m0/s1. The quantitative estimate of drug-likeness (QED) is 0.836. The van der Waals surface area contributed by atoms with E-state index in [1.807, 2.05) is 48.5 Å². The van der Waals surface area contributed by atoms with E-state index in [0.717, 1.165) is 29.0 Å². The molecule has 2 N–H and O–H groups in total. The molecule has 1 heterocycles. The molecule has 4 rings (SSSR count). The van der Waals surface area contributed by atoms with Gasteiger partial charge in [0.05, 0.1) is 12.6 Å². The number of carbonyl (C=O) groups excluding carboxylic acids is 1. The second kappa shape index (κ2) is 7.38. The van der Waals surface area contributed by atoms with Gasteiger partial charge in [-0.3, -0.25) is 4.79 Å². The van der Waals surface area contributed by atoms with E-state index in [1.54, 1.807) is 0 Å². The van der Waals surface area contributed by atoms with Crippen LogP contribution in [0.15, 0.2) is 48.5 Å².